The molecule has 1 aliphatic rings. The Hall–Kier alpha value is -1.84. The molecule has 1 unspecified atom stereocenters. The van der Waals surface area contributed by atoms with Crippen molar-refractivity contribution in [2.24, 2.45) is 5.92 Å². The molecule has 1 aromatic rings. The Kier molecular flexibility index (Phi) is 4.95. The van der Waals surface area contributed by atoms with Crippen molar-refractivity contribution in [3.63, 3.8) is 0 Å². The molecular formula is C15H17FO3. The molecule has 1 atom stereocenters. The van der Waals surface area contributed by atoms with Gasteiger partial charge in [0, 0.05) is 0 Å². The minimum Gasteiger partial charge on any atom is -0.479 e. The molecule has 102 valence electrons. The highest BCUT2D eigenvalue weighted by Crippen LogP contribution is 2.18. The van der Waals surface area contributed by atoms with Gasteiger partial charge in [-0.05, 0) is 37.3 Å². The summed E-state index contributed by atoms with van der Waals surface area (Å²) in [5, 5.41) is 0. The van der Waals surface area contributed by atoms with Crippen LogP contribution in [-0.2, 0) is 9.53 Å². The van der Waals surface area contributed by atoms with Crippen molar-refractivity contribution in [3.8, 4) is 5.75 Å². The summed E-state index contributed by atoms with van der Waals surface area (Å²) in [5.41, 5.74) is 0. The van der Waals surface area contributed by atoms with Crippen LogP contribution >= 0.6 is 0 Å². The lowest BCUT2D eigenvalue weighted by molar-refractivity contribution is -0.147. The molecule has 0 amide bonds. The number of allylic oxidation sites excluding steroid dienone is 2. The first-order valence-electron chi connectivity index (χ1n) is 6.43. The smallest absolute Gasteiger partial charge is 0.344 e. The number of benzene rings is 1. The summed E-state index contributed by atoms with van der Waals surface area (Å²) in [6, 6.07) is 5.98. The van der Waals surface area contributed by atoms with E-state index in [0.29, 0.717) is 12.5 Å². The van der Waals surface area contributed by atoms with E-state index in [0.717, 1.165) is 19.3 Å². The molecule has 0 spiro atoms. The number of carbonyl (C=O) groups is 1. The SMILES string of the molecule is O=C(COc1ccccc1F)OCC1CC=CCC1. The molecule has 0 aliphatic heterocycles. The first-order chi connectivity index (χ1) is 9.25. The third-order valence-electron chi connectivity index (χ3n) is 3.04. The van der Waals surface area contributed by atoms with Gasteiger partial charge in [-0.2, -0.15) is 0 Å². The number of hydrogen-bond donors (Lipinski definition) is 0. The summed E-state index contributed by atoms with van der Waals surface area (Å²) in [4.78, 5) is 11.5. The molecule has 3 nitrogen and oxygen atoms in total. The highest BCUT2D eigenvalue weighted by atomic mass is 19.1. The van der Waals surface area contributed by atoms with Crippen LogP contribution in [0.5, 0.6) is 5.75 Å². The number of esters is 1. The van der Waals surface area contributed by atoms with Gasteiger partial charge >= 0.3 is 5.97 Å². The molecule has 0 radical (unpaired) electrons. The number of para-hydroxylation sites is 1. The molecular weight excluding hydrogens is 247 g/mol. The zero-order valence-corrected chi connectivity index (χ0v) is 10.7. The van der Waals surface area contributed by atoms with Gasteiger partial charge in [0.25, 0.3) is 0 Å². The van der Waals surface area contributed by atoms with Gasteiger partial charge in [-0.3, -0.25) is 0 Å². The Morgan fingerprint density at radius 1 is 1.32 bits per heavy atom. The van der Waals surface area contributed by atoms with Crippen molar-refractivity contribution in [2.75, 3.05) is 13.2 Å². The molecule has 19 heavy (non-hydrogen) atoms. The monoisotopic (exact) mass is 264 g/mol. The maximum absolute atomic E-state index is 13.2. The Morgan fingerprint density at radius 3 is 2.89 bits per heavy atom. The van der Waals surface area contributed by atoms with Crippen LogP contribution in [0.1, 0.15) is 19.3 Å². The van der Waals surface area contributed by atoms with Crippen LogP contribution in [0.15, 0.2) is 36.4 Å². The van der Waals surface area contributed by atoms with Crippen LogP contribution in [0.2, 0.25) is 0 Å². The fraction of sp³-hybridized carbons (Fsp3) is 0.400. The van der Waals surface area contributed by atoms with E-state index in [4.69, 9.17) is 9.47 Å². The minimum atomic E-state index is -0.479. The van der Waals surface area contributed by atoms with Crippen molar-refractivity contribution in [1.29, 1.82) is 0 Å². The van der Waals surface area contributed by atoms with E-state index >= 15 is 0 Å². The second-order valence-electron chi connectivity index (χ2n) is 4.55. The summed E-state index contributed by atoms with van der Waals surface area (Å²) >= 11 is 0. The average Bonchev–Trinajstić information content (AvgIpc) is 2.45. The van der Waals surface area contributed by atoms with Crippen LogP contribution in [0, 0.1) is 11.7 Å². The molecule has 4 heteroatoms. The lowest BCUT2D eigenvalue weighted by Gasteiger charge is -2.17. The third kappa shape index (κ3) is 4.39. The molecule has 1 aromatic carbocycles. The Labute approximate surface area is 112 Å². The van der Waals surface area contributed by atoms with Crippen LogP contribution in [0.3, 0.4) is 0 Å². The van der Waals surface area contributed by atoms with Gasteiger partial charge in [0.2, 0.25) is 0 Å². The van der Waals surface area contributed by atoms with Crippen LogP contribution in [0.4, 0.5) is 4.39 Å². The van der Waals surface area contributed by atoms with E-state index in [1.807, 2.05) is 0 Å². The van der Waals surface area contributed by atoms with E-state index in [9.17, 15) is 9.18 Å². The first kappa shape index (κ1) is 13.6. The summed E-state index contributed by atoms with van der Waals surface area (Å²) in [6.07, 6.45) is 7.27. The van der Waals surface area contributed by atoms with E-state index < -0.39 is 11.8 Å². The van der Waals surface area contributed by atoms with Crippen LogP contribution in [0.25, 0.3) is 0 Å². The summed E-state index contributed by atoms with van der Waals surface area (Å²) in [5.74, 6) is -0.479. The summed E-state index contributed by atoms with van der Waals surface area (Å²) < 4.78 is 23.4. The van der Waals surface area contributed by atoms with Crippen molar-refractivity contribution in [3.05, 3.63) is 42.2 Å². The predicted octanol–water partition coefficient (Wildman–Crippen LogP) is 3.10. The molecule has 1 aliphatic carbocycles. The van der Waals surface area contributed by atoms with E-state index in [1.54, 1.807) is 12.1 Å². The molecule has 2 rings (SSSR count). The molecule has 0 bridgehead atoms. The number of ether oxygens (including phenoxy) is 2. The average molecular weight is 264 g/mol. The van der Waals surface area contributed by atoms with Gasteiger partial charge in [-0.15, -0.1) is 0 Å². The number of carbonyl (C=O) groups excluding carboxylic acids is 1. The lowest BCUT2D eigenvalue weighted by atomic mass is 9.95. The lowest BCUT2D eigenvalue weighted by Crippen LogP contribution is -2.20. The van der Waals surface area contributed by atoms with Crippen molar-refractivity contribution >= 4 is 5.97 Å². The van der Waals surface area contributed by atoms with Gasteiger partial charge < -0.3 is 9.47 Å². The van der Waals surface area contributed by atoms with Crippen molar-refractivity contribution in [1.82, 2.24) is 0 Å². The quantitative estimate of drug-likeness (QED) is 0.605. The van der Waals surface area contributed by atoms with Crippen LogP contribution < -0.4 is 4.74 Å². The normalized spacial score (nSPS) is 18.1. The Bertz CT molecular complexity index is 456. The Morgan fingerprint density at radius 2 is 2.16 bits per heavy atom. The number of hydrogen-bond acceptors (Lipinski definition) is 3. The van der Waals surface area contributed by atoms with Gasteiger partial charge in [0.1, 0.15) is 0 Å². The largest absolute Gasteiger partial charge is 0.479 e. The topological polar surface area (TPSA) is 35.5 Å². The highest BCUT2D eigenvalue weighted by molar-refractivity contribution is 5.71. The second-order valence-corrected chi connectivity index (χ2v) is 4.55. The molecule has 0 saturated heterocycles. The van der Waals surface area contributed by atoms with Gasteiger partial charge in [-0.25, -0.2) is 9.18 Å². The standard InChI is InChI=1S/C15H17FO3/c16-13-8-4-5-9-14(13)18-11-15(17)19-10-12-6-2-1-3-7-12/h1-2,4-5,8-9,12H,3,6-7,10-11H2. The van der Waals surface area contributed by atoms with Crippen molar-refractivity contribution in [2.45, 2.75) is 19.3 Å². The molecule has 0 heterocycles. The first-order valence-corrected chi connectivity index (χ1v) is 6.43. The fourth-order valence-electron chi connectivity index (χ4n) is 1.96. The van der Waals surface area contributed by atoms with Gasteiger partial charge in [0.05, 0.1) is 6.61 Å². The number of halogens is 1. The summed E-state index contributed by atoms with van der Waals surface area (Å²) in [6.45, 7) is 0.146. The van der Waals surface area contributed by atoms with Crippen LogP contribution in [-0.4, -0.2) is 19.2 Å². The second kappa shape index (κ2) is 6.92. The van der Waals surface area contributed by atoms with Gasteiger partial charge in [0.15, 0.2) is 18.2 Å². The maximum Gasteiger partial charge on any atom is 0.344 e. The third-order valence-corrected chi connectivity index (χ3v) is 3.04. The zero-order valence-electron chi connectivity index (χ0n) is 10.7. The zero-order chi connectivity index (χ0) is 13.5. The molecule has 0 aromatic heterocycles. The highest BCUT2D eigenvalue weighted by Gasteiger charge is 2.13. The maximum atomic E-state index is 13.2. The van der Waals surface area contributed by atoms with E-state index in [-0.39, 0.29) is 12.4 Å². The summed E-state index contributed by atoms with van der Waals surface area (Å²) in [7, 11) is 0. The Balaban J connectivity index is 1.70. The fourth-order valence-corrected chi connectivity index (χ4v) is 1.96. The number of rotatable bonds is 5. The van der Waals surface area contributed by atoms with Crippen molar-refractivity contribution < 1.29 is 18.7 Å². The molecule has 0 saturated carbocycles. The minimum absolute atomic E-state index is 0.0695. The molecule has 0 fully saturated rings. The van der Waals surface area contributed by atoms with E-state index in [2.05, 4.69) is 12.2 Å². The van der Waals surface area contributed by atoms with E-state index in [1.165, 1.54) is 12.1 Å². The molecule has 0 N–H and O–H groups in total. The van der Waals surface area contributed by atoms with Gasteiger partial charge in [-0.1, -0.05) is 24.3 Å². The predicted molar refractivity (Wildman–Crippen MR) is 69.3 cm³/mol.